The zero-order valence-electron chi connectivity index (χ0n) is 20.8. The van der Waals surface area contributed by atoms with E-state index >= 15 is 0 Å². The molecule has 2 aromatic rings. The highest BCUT2D eigenvalue weighted by Gasteiger charge is 2.39. The van der Waals surface area contributed by atoms with Crippen LogP contribution in [0.4, 0.5) is 4.79 Å². The Hall–Kier alpha value is -3.72. The summed E-state index contributed by atoms with van der Waals surface area (Å²) >= 11 is 0. The van der Waals surface area contributed by atoms with Crippen LogP contribution in [0.5, 0.6) is 0 Å². The van der Waals surface area contributed by atoms with E-state index in [1.165, 1.54) is 0 Å². The summed E-state index contributed by atoms with van der Waals surface area (Å²) in [5, 5.41) is 2.95. The molecule has 0 radical (unpaired) electrons. The fraction of sp³-hybridized carbons (Fsp3) is 0.407. The van der Waals surface area contributed by atoms with E-state index < -0.39 is 41.6 Å². The summed E-state index contributed by atoms with van der Waals surface area (Å²) < 4.78 is 11.4. The molecule has 1 fully saturated rings. The predicted octanol–water partition coefficient (Wildman–Crippen LogP) is 3.70. The molecule has 3 amide bonds. The number of carbonyl (C=O) groups is 4. The Kier molecular flexibility index (Phi) is 7.12. The fourth-order valence-electron chi connectivity index (χ4n) is 4.57. The monoisotopic (exact) mass is 494 g/mol. The average Bonchev–Trinajstić information content (AvgIpc) is 3.31. The Morgan fingerprint density at radius 2 is 1.50 bits per heavy atom. The van der Waals surface area contributed by atoms with E-state index in [0.717, 1.165) is 22.3 Å². The van der Waals surface area contributed by atoms with Crippen LogP contribution in [0.25, 0.3) is 11.1 Å². The second-order valence-electron chi connectivity index (χ2n) is 9.88. The van der Waals surface area contributed by atoms with Gasteiger partial charge in [-0.1, -0.05) is 48.5 Å². The van der Waals surface area contributed by atoms with Gasteiger partial charge in [-0.3, -0.25) is 9.59 Å². The van der Waals surface area contributed by atoms with Gasteiger partial charge < -0.3 is 19.6 Å². The number of hydroxylamine groups is 2. The molecule has 0 aromatic heterocycles. The number of ether oxygens (including phenoxy) is 2. The van der Waals surface area contributed by atoms with Crippen molar-refractivity contribution in [2.45, 2.75) is 64.2 Å². The van der Waals surface area contributed by atoms with Crippen LogP contribution >= 0.6 is 0 Å². The van der Waals surface area contributed by atoms with E-state index in [9.17, 15) is 19.2 Å². The number of rotatable bonds is 7. The second kappa shape index (κ2) is 10.1. The number of carbonyl (C=O) groups excluding carboxylic acids is 4. The lowest BCUT2D eigenvalue weighted by molar-refractivity contribution is -0.202. The zero-order chi connectivity index (χ0) is 26.0. The smallest absolute Gasteiger partial charge is 0.407 e. The largest absolute Gasteiger partial charge is 0.449 e. The number of nitrogens with one attached hydrogen (secondary N) is 1. The van der Waals surface area contributed by atoms with Crippen molar-refractivity contribution in [3.63, 3.8) is 0 Å². The van der Waals surface area contributed by atoms with Gasteiger partial charge in [-0.25, -0.2) is 9.59 Å². The lowest BCUT2D eigenvalue weighted by Gasteiger charge is -2.30. The molecule has 36 heavy (non-hydrogen) atoms. The Morgan fingerprint density at radius 1 is 0.972 bits per heavy atom. The zero-order valence-corrected chi connectivity index (χ0v) is 20.8. The highest BCUT2D eigenvalue weighted by Crippen LogP contribution is 2.44. The van der Waals surface area contributed by atoms with Crippen molar-refractivity contribution in [2.75, 3.05) is 6.61 Å². The molecule has 9 nitrogen and oxygen atoms in total. The number of alkyl carbamates (subject to hydrolysis) is 1. The van der Waals surface area contributed by atoms with Gasteiger partial charge in [0.25, 0.3) is 11.8 Å². The van der Waals surface area contributed by atoms with Crippen molar-refractivity contribution in [1.29, 1.82) is 0 Å². The maximum absolute atomic E-state index is 12.9. The number of hydrogen-bond donors (Lipinski definition) is 1. The fourth-order valence-corrected chi connectivity index (χ4v) is 4.57. The van der Waals surface area contributed by atoms with Crippen LogP contribution in [0.2, 0.25) is 0 Å². The van der Waals surface area contributed by atoms with Gasteiger partial charge in [-0.15, -0.1) is 5.06 Å². The molecule has 4 rings (SSSR count). The average molecular weight is 495 g/mol. The minimum Gasteiger partial charge on any atom is -0.449 e. The minimum atomic E-state index is -1.32. The highest BCUT2D eigenvalue weighted by atomic mass is 16.7. The molecule has 0 bridgehead atoms. The number of hydrogen-bond acceptors (Lipinski definition) is 7. The van der Waals surface area contributed by atoms with Gasteiger partial charge in [-0.05, 0) is 49.9 Å². The van der Waals surface area contributed by atoms with Crippen molar-refractivity contribution >= 4 is 23.9 Å². The van der Waals surface area contributed by atoms with Gasteiger partial charge in [-0.2, -0.15) is 0 Å². The van der Waals surface area contributed by atoms with Crippen molar-refractivity contribution in [2.24, 2.45) is 0 Å². The van der Waals surface area contributed by atoms with Gasteiger partial charge in [0.05, 0.1) is 11.7 Å². The topological polar surface area (TPSA) is 111 Å². The summed E-state index contributed by atoms with van der Waals surface area (Å²) in [7, 11) is 0. The van der Waals surface area contributed by atoms with E-state index in [2.05, 4.69) is 5.32 Å². The Labute approximate surface area is 209 Å². The Morgan fingerprint density at radius 3 is 2.03 bits per heavy atom. The number of amides is 3. The van der Waals surface area contributed by atoms with Crippen LogP contribution in [-0.2, 0) is 28.7 Å². The number of nitrogens with zero attached hydrogens (tertiary/aromatic N) is 1. The third kappa shape index (κ3) is 5.41. The molecule has 2 aromatic carbocycles. The molecule has 9 heteroatoms. The molecule has 2 aliphatic rings. The Bertz CT molecular complexity index is 1130. The van der Waals surface area contributed by atoms with Crippen molar-refractivity contribution in [1.82, 2.24) is 10.4 Å². The molecular weight excluding hydrogens is 464 g/mol. The van der Waals surface area contributed by atoms with Crippen LogP contribution in [0.1, 0.15) is 57.6 Å². The maximum atomic E-state index is 12.9. The van der Waals surface area contributed by atoms with Crippen molar-refractivity contribution < 1.29 is 33.5 Å². The van der Waals surface area contributed by atoms with E-state index in [4.69, 9.17) is 14.3 Å². The van der Waals surface area contributed by atoms with Gasteiger partial charge in [0, 0.05) is 18.8 Å². The quantitative estimate of drug-likeness (QED) is 0.584. The molecule has 2 unspecified atom stereocenters. The third-order valence-corrected chi connectivity index (χ3v) is 6.07. The van der Waals surface area contributed by atoms with Crippen LogP contribution in [0, 0.1) is 0 Å². The van der Waals surface area contributed by atoms with Crippen LogP contribution in [0.3, 0.4) is 0 Å². The molecule has 0 spiro atoms. The number of fused-ring (bicyclic) bond motifs is 3. The first-order chi connectivity index (χ1) is 17.0. The maximum Gasteiger partial charge on any atom is 0.407 e. The first-order valence-electron chi connectivity index (χ1n) is 11.9. The van der Waals surface area contributed by atoms with Crippen LogP contribution in [0.15, 0.2) is 48.5 Å². The van der Waals surface area contributed by atoms with E-state index in [1.807, 2.05) is 48.5 Å². The summed E-state index contributed by atoms with van der Waals surface area (Å²) in [4.78, 5) is 54.6. The molecule has 1 aliphatic heterocycles. The standard InChI is InChI=1S/C27H30N2O7/c1-16(35-27(2,3)4)24(25(32)36-29-22(30)13-14-23(29)31)28-26(33)34-15-21-19-11-7-5-9-17(19)18-10-6-8-12-20(18)21/h5-12,16,21,24H,13-15H2,1-4H3,(H,28,33). The summed E-state index contributed by atoms with van der Waals surface area (Å²) in [6, 6.07) is 14.6. The summed E-state index contributed by atoms with van der Waals surface area (Å²) in [5.41, 5.74) is 3.66. The van der Waals surface area contributed by atoms with E-state index in [0.29, 0.717) is 5.06 Å². The molecule has 1 heterocycles. The van der Waals surface area contributed by atoms with Gasteiger partial charge in [0.1, 0.15) is 6.61 Å². The van der Waals surface area contributed by atoms with Gasteiger partial charge >= 0.3 is 12.1 Å². The van der Waals surface area contributed by atoms with Crippen LogP contribution < -0.4 is 5.32 Å². The molecule has 1 N–H and O–H groups in total. The minimum absolute atomic E-state index is 0.0371. The second-order valence-corrected chi connectivity index (χ2v) is 9.88. The number of benzene rings is 2. The SMILES string of the molecule is CC(OC(C)(C)C)C(NC(=O)OCC1c2ccccc2-c2ccccc21)C(=O)ON1C(=O)CCC1=O. The van der Waals surface area contributed by atoms with Gasteiger partial charge in [0.15, 0.2) is 6.04 Å². The molecule has 2 atom stereocenters. The van der Waals surface area contributed by atoms with E-state index in [1.54, 1.807) is 27.7 Å². The molecular formula is C27H30N2O7. The van der Waals surface area contributed by atoms with Crippen molar-refractivity contribution in [3.05, 3.63) is 59.7 Å². The molecule has 1 aliphatic carbocycles. The summed E-state index contributed by atoms with van der Waals surface area (Å²) in [6.45, 7) is 7.04. The normalized spacial score (nSPS) is 16.8. The molecule has 1 saturated heterocycles. The molecule has 0 saturated carbocycles. The van der Waals surface area contributed by atoms with Crippen LogP contribution in [-0.4, -0.2) is 53.3 Å². The number of imide groups is 1. The van der Waals surface area contributed by atoms with E-state index in [-0.39, 0.29) is 25.4 Å². The first kappa shape index (κ1) is 25.4. The predicted molar refractivity (Wildman–Crippen MR) is 129 cm³/mol. The first-order valence-corrected chi connectivity index (χ1v) is 11.9. The Balaban J connectivity index is 1.46. The van der Waals surface area contributed by atoms with Crippen molar-refractivity contribution in [3.8, 4) is 11.1 Å². The molecule has 190 valence electrons. The lowest BCUT2D eigenvalue weighted by atomic mass is 9.98. The van der Waals surface area contributed by atoms with Gasteiger partial charge in [0.2, 0.25) is 0 Å². The summed E-state index contributed by atoms with van der Waals surface area (Å²) in [5.74, 6) is -2.38. The summed E-state index contributed by atoms with van der Waals surface area (Å²) in [6.07, 6.45) is -1.76. The highest BCUT2D eigenvalue weighted by molar-refractivity contribution is 6.02. The third-order valence-electron chi connectivity index (χ3n) is 6.07. The lowest BCUT2D eigenvalue weighted by Crippen LogP contribution is -2.53.